The smallest absolute Gasteiger partial charge is 0.419 e. The summed E-state index contributed by atoms with van der Waals surface area (Å²) in [5.74, 6) is -0.125. The van der Waals surface area contributed by atoms with E-state index in [0.717, 1.165) is 4.68 Å². The maximum atomic E-state index is 13.2. The summed E-state index contributed by atoms with van der Waals surface area (Å²) in [6, 6.07) is 18.8. The van der Waals surface area contributed by atoms with Gasteiger partial charge in [-0.05, 0) is 54.4 Å². The molecule has 0 spiro atoms. The Balaban J connectivity index is 1.45. The van der Waals surface area contributed by atoms with Gasteiger partial charge in [-0.15, -0.1) is 5.10 Å². The summed E-state index contributed by atoms with van der Waals surface area (Å²) in [5.41, 5.74) is 1.16. The lowest BCUT2D eigenvalue weighted by molar-refractivity contribution is 0.208. The van der Waals surface area contributed by atoms with Gasteiger partial charge in [-0.2, -0.15) is 0 Å². The number of halogens is 1. The van der Waals surface area contributed by atoms with Gasteiger partial charge in [0.2, 0.25) is 5.43 Å². The maximum Gasteiger partial charge on any atom is 0.419 e. The predicted octanol–water partition coefficient (Wildman–Crippen LogP) is 4.59. The van der Waals surface area contributed by atoms with Crippen molar-refractivity contribution in [3.63, 3.8) is 0 Å². The summed E-state index contributed by atoms with van der Waals surface area (Å²) in [4.78, 5) is 43.1. The Morgan fingerprint density at radius 1 is 1.11 bits per heavy atom. The van der Waals surface area contributed by atoms with Crippen LogP contribution in [0.15, 0.2) is 76.3 Å². The molecular formula is C27H21ClN4O5. The number of ether oxygens (including phenoxy) is 1. The Morgan fingerprint density at radius 3 is 2.59 bits per heavy atom. The number of nitrogens with one attached hydrogen (secondary N) is 1. The third-order valence-corrected chi connectivity index (χ3v) is 6.27. The number of fused-ring (bicyclic) bond motifs is 2. The first-order valence-corrected chi connectivity index (χ1v) is 11.7. The highest BCUT2D eigenvalue weighted by Gasteiger charge is 2.18. The van der Waals surface area contributed by atoms with Crippen molar-refractivity contribution >= 4 is 45.2 Å². The van der Waals surface area contributed by atoms with Gasteiger partial charge in [0.1, 0.15) is 16.7 Å². The summed E-state index contributed by atoms with van der Waals surface area (Å²) in [5, 5.41) is 15.0. The number of hydrogen-bond acceptors (Lipinski definition) is 6. The largest absolute Gasteiger partial charge is 0.491 e. The van der Waals surface area contributed by atoms with Crippen molar-refractivity contribution in [2.24, 2.45) is 0 Å². The molecule has 0 saturated carbocycles. The number of pyridine rings is 1. The van der Waals surface area contributed by atoms with Gasteiger partial charge < -0.3 is 14.8 Å². The van der Waals surface area contributed by atoms with Crippen LogP contribution in [0.3, 0.4) is 0 Å². The second-order valence-corrected chi connectivity index (χ2v) is 8.98. The molecule has 9 nitrogen and oxygen atoms in total. The normalized spacial score (nSPS) is 11.1. The molecule has 3 aromatic carbocycles. The first kappa shape index (κ1) is 24.1. The molecule has 0 aliphatic carbocycles. The monoisotopic (exact) mass is 516 g/mol. The highest BCUT2D eigenvalue weighted by molar-refractivity contribution is 6.31. The van der Waals surface area contributed by atoms with Crippen molar-refractivity contribution in [2.75, 3.05) is 11.9 Å². The quantitative estimate of drug-likeness (QED) is 0.337. The summed E-state index contributed by atoms with van der Waals surface area (Å²) < 4.78 is 6.57. The van der Waals surface area contributed by atoms with E-state index in [2.05, 4.69) is 10.1 Å². The lowest BCUT2D eigenvalue weighted by atomic mass is 10.1. The standard InChI is InChI=1S/C27H21ClN4O5/c1-15-12-16(8-11-21(15)37-27(36)31(2)18-6-4-3-5-7-18)14-32-26(35)22-23(25(34)30-32)29-20-13-17(28)9-10-19(20)24(22)33/h3-13H,14H2,1-2H3,(H,29,33)(H,30,34). The van der Waals surface area contributed by atoms with Gasteiger partial charge in [-0.25, -0.2) is 9.48 Å². The van der Waals surface area contributed by atoms with Crippen LogP contribution in [0.4, 0.5) is 10.5 Å². The Kier molecular flexibility index (Phi) is 6.14. The van der Waals surface area contributed by atoms with Gasteiger partial charge in [-0.3, -0.25) is 14.5 Å². The van der Waals surface area contributed by atoms with Crippen LogP contribution in [0.25, 0.3) is 21.8 Å². The zero-order chi connectivity index (χ0) is 26.3. The highest BCUT2D eigenvalue weighted by Crippen LogP contribution is 2.23. The number of aromatic amines is 1. The number of anilines is 1. The molecule has 0 saturated heterocycles. The fourth-order valence-corrected chi connectivity index (χ4v) is 4.27. The second kappa shape index (κ2) is 9.44. The molecule has 0 atom stereocenters. The molecule has 0 aliphatic rings. The average Bonchev–Trinajstić information content (AvgIpc) is 2.88. The Labute approximate surface area is 215 Å². The molecule has 186 valence electrons. The van der Waals surface area contributed by atoms with Crippen LogP contribution in [0, 0.1) is 6.92 Å². The molecular weight excluding hydrogens is 496 g/mol. The van der Waals surface area contributed by atoms with E-state index >= 15 is 0 Å². The molecule has 2 heterocycles. The number of aryl methyl sites for hydroxylation is 1. The van der Waals surface area contributed by atoms with Crippen LogP contribution in [-0.2, 0) is 6.54 Å². The van der Waals surface area contributed by atoms with Crippen molar-refractivity contribution in [3.05, 3.63) is 103 Å². The number of para-hydroxylation sites is 1. The van der Waals surface area contributed by atoms with Gasteiger partial charge in [0.25, 0.3) is 11.4 Å². The van der Waals surface area contributed by atoms with Crippen molar-refractivity contribution in [1.82, 2.24) is 14.8 Å². The van der Waals surface area contributed by atoms with E-state index in [0.29, 0.717) is 33.1 Å². The first-order chi connectivity index (χ1) is 17.7. The van der Waals surface area contributed by atoms with Crippen LogP contribution in [0.1, 0.15) is 11.1 Å². The molecule has 0 bridgehead atoms. The number of benzene rings is 3. The van der Waals surface area contributed by atoms with E-state index < -0.39 is 23.0 Å². The number of carbonyl (C=O) groups is 1. The number of hydrogen-bond donors (Lipinski definition) is 2. The molecule has 5 rings (SSSR count). The van der Waals surface area contributed by atoms with Crippen LogP contribution >= 0.6 is 11.6 Å². The Morgan fingerprint density at radius 2 is 1.86 bits per heavy atom. The summed E-state index contributed by atoms with van der Waals surface area (Å²) >= 11 is 6.01. The third-order valence-electron chi connectivity index (χ3n) is 6.04. The number of aromatic hydroxyl groups is 1. The van der Waals surface area contributed by atoms with Gasteiger partial charge in [0.05, 0.1) is 12.1 Å². The minimum absolute atomic E-state index is 0.0145. The van der Waals surface area contributed by atoms with Gasteiger partial charge in [0, 0.05) is 23.1 Å². The fourth-order valence-electron chi connectivity index (χ4n) is 4.10. The van der Waals surface area contributed by atoms with E-state index in [1.807, 2.05) is 18.2 Å². The molecule has 0 unspecified atom stereocenters. The molecule has 10 heteroatoms. The van der Waals surface area contributed by atoms with E-state index in [4.69, 9.17) is 16.3 Å². The van der Waals surface area contributed by atoms with Crippen molar-refractivity contribution in [2.45, 2.75) is 13.5 Å². The van der Waals surface area contributed by atoms with Crippen LogP contribution in [0.5, 0.6) is 11.6 Å². The van der Waals surface area contributed by atoms with Crippen molar-refractivity contribution in [1.29, 1.82) is 0 Å². The van der Waals surface area contributed by atoms with Crippen LogP contribution in [-0.4, -0.2) is 33.0 Å². The van der Waals surface area contributed by atoms with E-state index in [-0.39, 0.29) is 22.8 Å². The summed E-state index contributed by atoms with van der Waals surface area (Å²) in [6.07, 6.45) is -0.549. The van der Waals surface area contributed by atoms with E-state index in [1.54, 1.807) is 50.4 Å². The minimum Gasteiger partial charge on any atom is -0.491 e. The molecule has 0 fully saturated rings. The number of amides is 1. The SMILES string of the molecule is Cc1cc(Cn2nc(O)c3[nH]c4cc(Cl)ccc4c(=O)c3c2=O)ccc1OC(=O)N(C)c1ccccc1. The number of rotatable bonds is 4. The topological polar surface area (TPSA) is 118 Å². The van der Waals surface area contributed by atoms with E-state index in [1.165, 1.54) is 17.0 Å². The minimum atomic E-state index is -0.649. The molecule has 0 radical (unpaired) electrons. The Bertz CT molecular complexity index is 1800. The number of aromatic nitrogens is 3. The highest BCUT2D eigenvalue weighted by atomic mass is 35.5. The van der Waals surface area contributed by atoms with Gasteiger partial charge in [0.15, 0.2) is 0 Å². The molecule has 0 aliphatic heterocycles. The van der Waals surface area contributed by atoms with Crippen LogP contribution < -0.4 is 20.6 Å². The van der Waals surface area contributed by atoms with Crippen molar-refractivity contribution < 1.29 is 14.6 Å². The number of carbonyl (C=O) groups excluding carboxylic acids is 1. The van der Waals surface area contributed by atoms with Crippen LogP contribution in [0.2, 0.25) is 5.02 Å². The lowest BCUT2D eigenvalue weighted by Crippen LogP contribution is -2.29. The predicted molar refractivity (Wildman–Crippen MR) is 142 cm³/mol. The summed E-state index contributed by atoms with van der Waals surface area (Å²) in [6.45, 7) is 1.75. The lowest BCUT2D eigenvalue weighted by Gasteiger charge is -2.18. The van der Waals surface area contributed by atoms with Gasteiger partial charge >= 0.3 is 6.09 Å². The maximum absolute atomic E-state index is 13.2. The molecule has 2 aromatic heterocycles. The number of H-pyrrole nitrogens is 1. The van der Waals surface area contributed by atoms with Crippen molar-refractivity contribution in [3.8, 4) is 11.6 Å². The second-order valence-electron chi connectivity index (χ2n) is 8.54. The first-order valence-electron chi connectivity index (χ1n) is 11.3. The molecule has 5 aromatic rings. The zero-order valence-electron chi connectivity index (χ0n) is 19.9. The Hall–Kier alpha value is -4.63. The van der Waals surface area contributed by atoms with Gasteiger partial charge in [-0.1, -0.05) is 41.9 Å². The third kappa shape index (κ3) is 4.52. The summed E-state index contributed by atoms with van der Waals surface area (Å²) in [7, 11) is 1.62. The average molecular weight is 517 g/mol. The molecule has 1 amide bonds. The molecule has 37 heavy (non-hydrogen) atoms. The fraction of sp³-hybridized carbons (Fsp3) is 0.111. The van der Waals surface area contributed by atoms with E-state index in [9.17, 15) is 19.5 Å². The molecule has 2 N–H and O–H groups in total. The zero-order valence-corrected chi connectivity index (χ0v) is 20.6. The number of nitrogens with zero attached hydrogens (tertiary/aromatic N) is 3.